The molecule has 138 valence electrons. The van der Waals surface area contributed by atoms with Crippen molar-refractivity contribution in [3.63, 3.8) is 0 Å². The van der Waals surface area contributed by atoms with Crippen LogP contribution in [-0.2, 0) is 16.0 Å². The first-order valence-corrected chi connectivity index (χ1v) is 9.88. The van der Waals surface area contributed by atoms with E-state index in [1.165, 1.54) is 0 Å². The first-order valence-electron chi connectivity index (χ1n) is 9.00. The molecule has 1 N–H and O–H groups in total. The molecule has 27 heavy (non-hydrogen) atoms. The van der Waals surface area contributed by atoms with Gasteiger partial charge in [-0.05, 0) is 18.2 Å². The number of benzene rings is 2. The van der Waals surface area contributed by atoms with Crippen molar-refractivity contribution in [3.8, 4) is 10.6 Å². The van der Waals surface area contributed by atoms with Gasteiger partial charge in [0.1, 0.15) is 5.01 Å². The van der Waals surface area contributed by atoms with Gasteiger partial charge in [-0.25, -0.2) is 4.98 Å². The van der Waals surface area contributed by atoms with Gasteiger partial charge in [0, 0.05) is 35.4 Å². The summed E-state index contributed by atoms with van der Waals surface area (Å²) >= 11 is 1.56. The van der Waals surface area contributed by atoms with Crippen LogP contribution in [0.5, 0.6) is 0 Å². The number of morpholine rings is 1. The predicted molar refractivity (Wildman–Crippen MR) is 109 cm³/mol. The van der Waals surface area contributed by atoms with Crippen molar-refractivity contribution < 1.29 is 9.53 Å². The van der Waals surface area contributed by atoms with Crippen LogP contribution in [0.1, 0.15) is 5.69 Å². The Balaban J connectivity index is 1.39. The second-order valence-corrected chi connectivity index (χ2v) is 7.24. The lowest BCUT2D eigenvalue weighted by atomic mass is 10.2. The summed E-state index contributed by atoms with van der Waals surface area (Å²) in [7, 11) is 0. The molecule has 2 aromatic carbocycles. The number of hydrogen-bond acceptors (Lipinski definition) is 5. The number of ether oxygens (including phenoxy) is 1. The van der Waals surface area contributed by atoms with E-state index in [-0.39, 0.29) is 12.3 Å². The molecule has 1 aliphatic rings. The van der Waals surface area contributed by atoms with Gasteiger partial charge >= 0.3 is 0 Å². The summed E-state index contributed by atoms with van der Waals surface area (Å²) in [6.45, 7) is 3.23. The molecule has 0 unspecified atom stereocenters. The van der Waals surface area contributed by atoms with Crippen molar-refractivity contribution in [2.75, 3.05) is 36.5 Å². The normalized spacial score (nSPS) is 14.1. The number of nitrogens with zero attached hydrogens (tertiary/aromatic N) is 2. The molecule has 6 heteroatoms. The van der Waals surface area contributed by atoms with Gasteiger partial charge in [-0.1, -0.05) is 36.4 Å². The minimum Gasteiger partial charge on any atom is -0.378 e. The molecule has 0 saturated carbocycles. The van der Waals surface area contributed by atoms with Crippen molar-refractivity contribution in [2.45, 2.75) is 6.42 Å². The second-order valence-electron chi connectivity index (χ2n) is 6.38. The number of thiazole rings is 1. The number of anilines is 2. The van der Waals surface area contributed by atoms with Gasteiger partial charge in [-0.3, -0.25) is 4.79 Å². The molecular weight excluding hydrogens is 358 g/mol. The lowest BCUT2D eigenvalue weighted by Gasteiger charge is -2.29. The molecule has 0 atom stereocenters. The smallest absolute Gasteiger partial charge is 0.230 e. The summed E-state index contributed by atoms with van der Waals surface area (Å²) < 4.78 is 5.40. The molecule has 1 amide bonds. The molecule has 0 aliphatic carbocycles. The number of carbonyl (C=O) groups excluding carboxylic acids is 1. The van der Waals surface area contributed by atoms with E-state index < -0.39 is 0 Å². The fourth-order valence-corrected chi connectivity index (χ4v) is 3.90. The second kappa shape index (κ2) is 8.33. The zero-order valence-electron chi connectivity index (χ0n) is 14.9. The van der Waals surface area contributed by atoms with Crippen LogP contribution in [0, 0.1) is 0 Å². The van der Waals surface area contributed by atoms with E-state index in [9.17, 15) is 4.79 Å². The van der Waals surface area contributed by atoms with E-state index >= 15 is 0 Å². The molecule has 0 bridgehead atoms. The highest BCUT2D eigenvalue weighted by Gasteiger charge is 2.13. The Kier molecular flexibility index (Phi) is 5.46. The fraction of sp³-hybridized carbons (Fsp3) is 0.238. The van der Waals surface area contributed by atoms with Crippen LogP contribution in [0.15, 0.2) is 60.0 Å². The molecule has 3 aromatic rings. The highest BCUT2D eigenvalue weighted by atomic mass is 32.1. The van der Waals surface area contributed by atoms with E-state index in [0.29, 0.717) is 0 Å². The summed E-state index contributed by atoms with van der Waals surface area (Å²) in [6.07, 6.45) is 0.269. The molecule has 4 rings (SSSR count). The fourth-order valence-electron chi connectivity index (χ4n) is 3.07. The SMILES string of the molecule is O=C(Cc1csc(-c2ccccc2)n1)Nc1cccc(N2CCOCC2)c1. The van der Waals surface area contributed by atoms with Crippen LogP contribution >= 0.6 is 11.3 Å². The lowest BCUT2D eigenvalue weighted by molar-refractivity contribution is -0.115. The molecule has 1 aliphatic heterocycles. The first kappa shape index (κ1) is 17.7. The molecule has 0 radical (unpaired) electrons. The average molecular weight is 379 g/mol. The number of nitrogens with one attached hydrogen (secondary N) is 1. The summed E-state index contributed by atoms with van der Waals surface area (Å²) in [5.74, 6) is -0.0564. The van der Waals surface area contributed by atoms with Crippen LogP contribution in [0.3, 0.4) is 0 Å². The van der Waals surface area contributed by atoms with Gasteiger partial charge in [0.05, 0.1) is 25.3 Å². The van der Waals surface area contributed by atoms with Crippen molar-refractivity contribution in [1.29, 1.82) is 0 Å². The van der Waals surface area contributed by atoms with Crippen molar-refractivity contribution in [2.24, 2.45) is 0 Å². The standard InChI is InChI=1S/C21H21N3O2S/c25-20(14-18-15-27-21(23-18)16-5-2-1-3-6-16)22-17-7-4-8-19(13-17)24-9-11-26-12-10-24/h1-8,13,15H,9-12,14H2,(H,22,25). The maximum Gasteiger partial charge on any atom is 0.230 e. The zero-order chi connectivity index (χ0) is 18.5. The number of carbonyl (C=O) groups is 1. The molecule has 0 spiro atoms. The molecule has 2 heterocycles. The van der Waals surface area contributed by atoms with Crippen molar-refractivity contribution >= 4 is 28.6 Å². The van der Waals surface area contributed by atoms with E-state index in [1.54, 1.807) is 11.3 Å². The Morgan fingerprint density at radius 3 is 2.74 bits per heavy atom. The van der Waals surface area contributed by atoms with E-state index in [2.05, 4.69) is 21.3 Å². The van der Waals surface area contributed by atoms with E-state index in [1.807, 2.05) is 53.9 Å². The van der Waals surface area contributed by atoms with Gasteiger partial charge in [0.2, 0.25) is 5.91 Å². The van der Waals surface area contributed by atoms with Crippen molar-refractivity contribution in [3.05, 3.63) is 65.7 Å². The Morgan fingerprint density at radius 2 is 1.93 bits per heavy atom. The Morgan fingerprint density at radius 1 is 1.11 bits per heavy atom. The third kappa shape index (κ3) is 4.53. The summed E-state index contributed by atoms with van der Waals surface area (Å²) in [5.41, 5.74) is 3.78. The molecule has 1 saturated heterocycles. The molecule has 1 aromatic heterocycles. The van der Waals surface area contributed by atoms with Gasteiger partial charge < -0.3 is 15.0 Å². The molecule has 1 fully saturated rings. The Labute approximate surface area is 162 Å². The number of aromatic nitrogens is 1. The lowest BCUT2D eigenvalue weighted by Crippen LogP contribution is -2.36. The molecular formula is C21H21N3O2S. The maximum absolute atomic E-state index is 12.4. The largest absolute Gasteiger partial charge is 0.378 e. The monoisotopic (exact) mass is 379 g/mol. The minimum absolute atomic E-state index is 0.0564. The first-order chi connectivity index (χ1) is 13.3. The van der Waals surface area contributed by atoms with E-state index in [0.717, 1.165) is 53.9 Å². The van der Waals surface area contributed by atoms with Crippen LogP contribution in [-0.4, -0.2) is 37.2 Å². The summed E-state index contributed by atoms with van der Waals surface area (Å²) in [5, 5.41) is 5.87. The predicted octanol–water partition coefficient (Wildman–Crippen LogP) is 3.83. The van der Waals surface area contributed by atoms with Gasteiger partial charge in [-0.15, -0.1) is 11.3 Å². The summed E-state index contributed by atoms with van der Waals surface area (Å²) in [6, 6.07) is 18.0. The van der Waals surface area contributed by atoms with E-state index in [4.69, 9.17) is 4.74 Å². The average Bonchev–Trinajstić information content (AvgIpc) is 3.18. The van der Waals surface area contributed by atoms with Crippen LogP contribution in [0.25, 0.3) is 10.6 Å². The maximum atomic E-state index is 12.4. The summed E-state index contributed by atoms with van der Waals surface area (Å²) in [4.78, 5) is 19.3. The van der Waals surface area contributed by atoms with Crippen LogP contribution in [0.2, 0.25) is 0 Å². The third-order valence-corrected chi connectivity index (χ3v) is 5.36. The highest BCUT2D eigenvalue weighted by molar-refractivity contribution is 7.13. The Hall–Kier alpha value is -2.70. The number of amides is 1. The topological polar surface area (TPSA) is 54.5 Å². The number of rotatable bonds is 5. The molecule has 5 nitrogen and oxygen atoms in total. The van der Waals surface area contributed by atoms with Gasteiger partial charge in [-0.2, -0.15) is 0 Å². The number of hydrogen-bond donors (Lipinski definition) is 1. The minimum atomic E-state index is -0.0564. The quantitative estimate of drug-likeness (QED) is 0.732. The Bertz CT molecular complexity index is 905. The van der Waals surface area contributed by atoms with Gasteiger partial charge in [0.25, 0.3) is 0 Å². The highest BCUT2D eigenvalue weighted by Crippen LogP contribution is 2.24. The van der Waals surface area contributed by atoms with Crippen molar-refractivity contribution in [1.82, 2.24) is 4.98 Å². The van der Waals surface area contributed by atoms with Crippen LogP contribution in [0.4, 0.5) is 11.4 Å². The van der Waals surface area contributed by atoms with Crippen LogP contribution < -0.4 is 10.2 Å². The van der Waals surface area contributed by atoms with Gasteiger partial charge in [0.15, 0.2) is 0 Å². The zero-order valence-corrected chi connectivity index (χ0v) is 15.7. The third-order valence-electron chi connectivity index (χ3n) is 4.42.